The summed E-state index contributed by atoms with van der Waals surface area (Å²) >= 11 is 0. The molecule has 1 aromatic heterocycles. The highest BCUT2D eigenvalue weighted by Crippen LogP contribution is 2.30. The summed E-state index contributed by atoms with van der Waals surface area (Å²) < 4.78 is 5.69. The highest BCUT2D eigenvalue weighted by Gasteiger charge is 2.42. The lowest BCUT2D eigenvalue weighted by molar-refractivity contribution is -0.127. The predicted octanol–water partition coefficient (Wildman–Crippen LogP) is 2.84. The average Bonchev–Trinajstić information content (AvgIpc) is 3.17. The van der Waals surface area contributed by atoms with Gasteiger partial charge in [-0.05, 0) is 56.2 Å². The quantitative estimate of drug-likeness (QED) is 0.789. The zero-order chi connectivity index (χ0) is 19.1. The number of ether oxygens (including phenoxy) is 1. The summed E-state index contributed by atoms with van der Waals surface area (Å²) in [5.74, 6) is 0.335. The van der Waals surface area contributed by atoms with Gasteiger partial charge in [0.2, 0.25) is 5.91 Å². The number of amides is 2. The van der Waals surface area contributed by atoms with Gasteiger partial charge >= 0.3 is 0 Å². The Morgan fingerprint density at radius 3 is 2.48 bits per heavy atom. The molecule has 1 aliphatic rings. The second-order valence-electron chi connectivity index (χ2n) is 6.74. The maximum absolute atomic E-state index is 12.7. The van der Waals surface area contributed by atoms with Crippen LogP contribution in [0.25, 0.3) is 0 Å². The first-order valence-corrected chi connectivity index (χ1v) is 9.36. The van der Waals surface area contributed by atoms with Crippen molar-refractivity contribution in [3.05, 3.63) is 59.9 Å². The van der Waals surface area contributed by atoms with Crippen molar-refractivity contribution in [2.24, 2.45) is 0 Å². The number of carbonyl (C=O) groups excluding carboxylic acids is 2. The van der Waals surface area contributed by atoms with E-state index < -0.39 is 5.54 Å². The molecule has 27 heavy (non-hydrogen) atoms. The molecular formula is C21H25N3O3. The van der Waals surface area contributed by atoms with Crippen LogP contribution in [0.2, 0.25) is 0 Å². The number of likely N-dealkylation sites (N-methyl/N-ethyl adjacent to an activating group) is 1. The van der Waals surface area contributed by atoms with Crippen LogP contribution in [-0.2, 0) is 11.4 Å². The third-order valence-corrected chi connectivity index (χ3v) is 4.81. The van der Waals surface area contributed by atoms with Gasteiger partial charge in [-0.25, -0.2) is 0 Å². The topological polar surface area (TPSA) is 80.3 Å². The van der Waals surface area contributed by atoms with Crippen molar-refractivity contribution >= 4 is 11.8 Å². The summed E-state index contributed by atoms with van der Waals surface area (Å²) in [6.07, 6.45) is 4.96. The molecule has 1 aromatic carbocycles. The van der Waals surface area contributed by atoms with Gasteiger partial charge in [0, 0.05) is 18.3 Å². The molecule has 1 aliphatic carbocycles. The maximum Gasteiger partial charge on any atom is 0.252 e. The Kier molecular flexibility index (Phi) is 6.06. The van der Waals surface area contributed by atoms with Crippen molar-refractivity contribution in [3.8, 4) is 5.75 Å². The maximum atomic E-state index is 12.7. The molecule has 2 N–H and O–H groups in total. The highest BCUT2D eigenvalue weighted by molar-refractivity contribution is 5.99. The van der Waals surface area contributed by atoms with Crippen LogP contribution in [0.1, 0.15) is 48.7 Å². The molecule has 2 aromatic rings. The molecule has 6 nitrogen and oxygen atoms in total. The third kappa shape index (κ3) is 4.64. The standard InChI is InChI=1S/C21H25N3O3/c1-2-22-20(26)21(12-4-5-13-21)24-19(25)16-8-10-18(11-9-16)27-15-17-7-3-6-14-23-17/h3,6-11,14H,2,4-5,12-13,15H2,1H3,(H,22,26)(H,24,25). The normalized spacial score (nSPS) is 15.1. The lowest BCUT2D eigenvalue weighted by Gasteiger charge is -2.28. The lowest BCUT2D eigenvalue weighted by atomic mass is 9.95. The van der Waals surface area contributed by atoms with Crippen LogP contribution >= 0.6 is 0 Å². The number of aromatic nitrogens is 1. The van der Waals surface area contributed by atoms with Crippen LogP contribution in [0.15, 0.2) is 48.7 Å². The fourth-order valence-corrected chi connectivity index (χ4v) is 3.35. The molecule has 2 amide bonds. The molecule has 0 unspecified atom stereocenters. The molecule has 0 saturated heterocycles. The Balaban J connectivity index is 1.62. The highest BCUT2D eigenvalue weighted by atomic mass is 16.5. The summed E-state index contributed by atoms with van der Waals surface area (Å²) in [6, 6.07) is 12.6. The number of nitrogens with one attached hydrogen (secondary N) is 2. The van der Waals surface area contributed by atoms with E-state index in [0.29, 0.717) is 37.3 Å². The SMILES string of the molecule is CCNC(=O)C1(NC(=O)c2ccc(OCc3ccccn3)cc2)CCCC1. The second-order valence-corrected chi connectivity index (χ2v) is 6.74. The van der Waals surface area contributed by atoms with Crippen molar-refractivity contribution in [3.63, 3.8) is 0 Å². The molecule has 0 bridgehead atoms. The number of rotatable bonds is 7. The zero-order valence-corrected chi connectivity index (χ0v) is 15.5. The van der Waals surface area contributed by atoms with Crippen LogP contribution in [0, 0.1) is 0 Å². The van der Waals surface area contributed by atoms with Gasteiger partial charge in [0.1, 0.15) is 17.9 Å². The molecule has 0 aliphatic heterocycles. The van der Waals surface area contributed by atoms with Gasteiger partial charge in [0.25, 0.3) is 5.91 Å². The predicted molar refractivity (Wildman–Crippen MR) is 102 cm³/mol. The monoisotopic (exact) mass is 367 g/mol. The van der Waals surface area contributed by atoms with E-state index in [1.54, 1.807) is 30.5 Å². The zero-order valence-electron chi connectivity index (χ0n) is 15.5. The van der Waals surface area contributed by atoms with E-state index in [1.165, 1.54) is 0 Å². The van der Waals surface area contributed by atoms with Gasteiger partial charge in [-0.15, -0.1) is 0 Å². The first-order chi connectivity index (χ1) is 13.1. The number of hydrogen-bond acceptors (Lipinski definition) is 4. The van der Waals surface area contributed by atoms with Gasteiger partial charge in [-0.2, -0.15) is 0 Å². The lowest BCUT2D eigenvalue weighted by Crippen LogP contribution is -2.57. The number of carbonyl (C=O) groups is 2. The van der Waals surface area contributed by atoms with Crippen LogP contribution in [0.4, 0.5) is 0 Å². The molecule has 0 radical (unpaired) electrons. The van der Waals surface area contributed by atoms with Crippen molar-refractivity contribution in [1.82, 2.24) is 15.6 Å². The Morgan fingerprint density at radius 2 is 1.85 bits per heavy atom. The summed E-state index contributed by atoms with van der Waals surface area (Å²) in [4.78, 5) is 29.3. The molecule has 6 heteroatoms. The van der Waals surface area contributed by atoms with Crippen LogP contribution in [-0.4, -0.2) is 28.9 Å². The Morgan fingerprint density at radius 1 is 1.11 bits per heavy atom. The molecule has 3 rings (SSSR count). The minimum Gasteiger partial charge on any atom is -0.487 e. The van der Waals surface area contributed by atoms with E-state index >= 15 is 0 Å². The van der Waals surface area contributed by atoms with Gasteiger partial charge in [0.15, 0.2) is 0 Å². The van der Waals surface area contributed by atoms with Crippen molar-refractivity contribution in [2.75, 3.05) is 6.54 Å². The van der Waals surface area contributed by atoms with Crippen molar-refractivity contribution in [1.29, 1.82) is 0 Å². The molecule has 0 atom stereocenters. The van der Waals surface area contributed by atoms with Crippen LogP contribution in [0.5, 0.6) is 5.75 Å². The minimum absolute atomic E-state index is 0.0915. The Bertz CT molecular complexity index is 769. The van der Waals surface area contributed by atoms with E-state index in [-0.39, 0.29) is 11.8 Å². The molecule has 1 heterocycles. The molecule has 142 valence electrons. The summed E-state index contributed by atoms with van der Waals surface area (Å²) in [5, 5.41) is 5.82. The van der Waals surface area contributed by atoms with Crippen molar-refractivity contribution in [2.45, 2.75) is 44.8 Å². The fraction of sp³-hybridized carbons (Fsp3) is 0.381. The largest absolute Gasteiger partial charge is 0.487 e. The van der Waals surface area contributed by atoms with Crippen LogP contribution in [0.3, 0.4) is 0 Å². The molecule has 1 saturated carbocycles. The van der Waals surface area contributed by atoms with E-state index in [4.69, 9.17) is 4.74 Å². The number of benzene rings is 1. The van der Waals surface area contributed by atoms with Gasteiger partial charge in [-0.1, -0.05) is 18.9 Å². The Labute approximate surface area is 159 Å². The van der Waals surface area contributed by atoms with E-state index in [2.05, 4.69) is 15.6 Å². The van der Waals surface area contributed by atoms with Crippen molar-refractivity contribution < 1.29 is 14.3 Å². The van der Waals surface area contributed by atoms with E-state index in [9.17, 15) is 9.59 Å². The number of pyridine rings is 1. The third-order valence-electron chi connectivity index (χ3n) is 4.81. The van der Waals surface area contributed by atoms with E-state index in [1.807, 2.05) is 25.1 Å². The van der Waals surface area contributed by atoms with Gasteiger partial charge < -0.3 is 15.4 Å². The van der Waals surface area contributed by atoms with Gasteiger partial charge in [0.05, 0.1) is 5.69 Å². The van der Waals surface area contributed by atoms with E-state index in [0.717, 1.165) is 18.5 Å². The smallest absolute Gasteiger partial charge is 0.252 e. The summed E-state index contributed by atoms with van der Waals surface area (Å²) in [6.45, 7) is 2.80. The number of hydrogen-bond donors (Lipinski definition) is 2. The summed E-state index contributed by atoms with van der Waals surface area (Å²) in [5.41, 5.74) is 0.557. The first-order valence-electron chi connectivity index (χ1n) is 9.36. The average molecular weight is 367 g/mol. The molecule has 0 spiro atoms. The second kappa shape index (κ2) is 8.66. The Hall–Kier alpha value is -2.89. The van der Waals surface area contributed by atoms with Gasteiger partial charge in [-0.3, -0.25) is 14.6 Å². The first kappa shape index (κ1) is 18.9. The molecular weight excluding hydrogens is 342 g/mol. The molecule has 1 fully saturated rings. The number of nitrogens with zero attached hydrogens (tertiary/aromatic N) is 1. The van der Waals surface area contributed by atoms with Crippen LogP contribution < -0.4 is 15.4 Å². The fourth-order valence-electron chi connectivity index (χ4n) is 3.35. The minimum atomic E-state index is -0.790. The summed E-state index contributed by atoms with van der Waals surface area (Å²) in [7, 11) is 0.